The fourth-order valence-corrected chi connectivity index (χ4v) is 2.02. The van der Waals surface area contributed by atoms with E-state index in [1.165, 1.54) is 18.2 Å². The van der Waals surface area contributed by atoms with Crippen molar-refractivity contribution in [3.63, 3.8) is 0 Å². The molecule has 1 aromatic rings. The van der Waals surface area contributed by atoms with Crippen LogP contribution in [0.5, 0.6) is 0 Å². The van der Waals surface area contributed by atoms with E-state index in [0.717, 1.165) is 0 Å². The van der Waals surface area contributed by atoms with Gasteiger partial charge in [-0.15, -0.1) is 0 Å². The van der Waals surface area contributed by atoms with E-state index < -0.39 is 5.97 Å². The molecule has 18 heavy (non-hydrogen) atoms. The fraction of sp³-hybridized carbons (Fsp3) is 0.462. The Kier molecular flexibility index (Phi) is 5.56. The standard InChI is InChI=1S/C13H17ClFNO2/c1-3-16(9(2)6-13(17)18)8-10-7-11(15)4-5-12(10)14/h4-5,7,9H,3,6,8H2,1-2H3,(H,17,18). The highest BCUT2D eigenvalue weighted by atomic mass is 35.5. The molecule has 0 aromatic heterocycles. The van der Waals surface area contributed by atoms with Crippen molar-refractivity contribution in [2.24, 2.45) is 0 Å². The third kappa shape index (κ3) is 4.27. The van der Waals surface area contributed by atoms with Crippen molar-refractivity contribution in [3.05, 3.63) is 34.6 Å². The summed E-state index contributed by atoms with van der Waals surface area (Å²) in [6.07, 6.45) is 0.0563. The Labute approximate surface area is 111 Å². The molecule has 0 spiro atoms. The van der Waals surface area contributed by atoms with Crippen LogP contribution in [-0.2, 0) is 11.3 Å². The van der Waals surface area contributed by atoms with Gasteiger partial charge in [0.05, 0.1) is 6.42 Å². The molecule has 1 aromatic carbocycles. The van der Waals surface area contributed by atoms with Gasteiger partial charge in [-0.3, -0.25) is 9.69 Å². The first-order valence-electron chi connectivity index (χ1n) is 5.83. The van der Waals surface area contributed by atoms with Gasteiger partial charge in [-0.05, 0) is 37.2 Å². The first-order valence-corrected chi connectivity index (χ1v) is 6.21. The molecular formula is C13H17ClFNO2. The number of carboxylic acid groups (broad SMARTS) is 1. The second-order valence-corrected chi connectivity index (χ2v) is 4.65. The van der Waals surface area contributed by atoms with Crippen molar-refractivity contribution in [2.45, 2.75) is 32.9 Å². The van der Waals surface area contributed by atoms with Crippen molar-refractivity contribution >= 4 is 17.6 Å². The molecule has 0 aliphatic rings. The number of hydrogen-bond acceptors (Lipinski definition) is 2. The summed E-state index contributed by atoms with van der Waals surface area (Å²) >= 11 is 6.00. The number of benzene rings is 1. The zero-order chi connectivity index (χ0) is 13.7. The lowest BCUT2D eigenvalue weighted by Crippen LogP contribution is -2.34. The molecule has 0 bridgehead atoms. The second-order valence-electron chi connectivity index (χ2n) is 4.25. The third-order valence-corrected chi connectivity index (χ3v) is 3.25. The van der Waals surface area contributed by atoms with Gasteiger partial charge >= 0.3 is 5.97 Å². The van der Waals surface area contributed by atoms with E-state index in [2.05, 4.69) is 0 Å². The monoisotopic (exact) mass is 273 g/mol. The molecule has 0 radical (unpaired) electrons. The number of hydrogen-bond donors (Lipinski definition) is 1. The minimum absolute atomic E-state index is 0.0563. The SMILES string of the molecule is CCN(Cc1cc(F)ccc1Cl)C(C)CC(=O)O. The van der Waals surface area contributed by atoms with Gasteiger partial charge < -0.3 is 5.11 Å². The summed E-state index contributed by atoms with van der Waals surface area (Å²) in [7, 11) is 0. The number of carbonyl (C=O) groups is 1. The van der Waals surface area contributed by atoms with Gasteiger partial charge in [0, 0.05) is 17.6 Å². The summed E-state index contributed by atoms with van der Waals surface area (Å²) in [6.45, 7) is 4.90. The average molecular weight is 274 g/mol. The van der Waals surface area contributed by atoms with Crippen LogP contribution in [0.3, 0.4) is 0 Å². The van der Waals surface area contributed by atoms with Gasteiger partial charge in [-0.25, -0.2) is 4.39 Å². The lowest BCUT2D eigenvalue weighted by molar-refractivity contribution is -0.138. The third-order valence-electron chi connectivity index (χ3n) is 2.88. The van der Waals surface area contributed by atoms with Crippen LogP contribution in [0.1, 0.15) is 25.8 Å². The van der Waals surface area contributed by atoms with Gasteiger partial charge in [0.1, 0.15) is 5.82 Å². The van der Waals surface area contributed by atoms with Gasteiger partial charge in [-0.2, -0.15) is 0 Å². The van der Waals surface area contributed by atoms with E-state index in [4.69, 9.17) is 16.7 Å². The lowest BCUT2D eigenvalue weighted by atomic mass is 10.1. The minimum atomic E-state index is -0.841. The van der Waals surface area contributed by atoms with Crippen LogP contribution < -0.4 is 0 Å². The van der Waals surface area contributed by atoms with E-state index >= 15 is 0 Å². The molecule has 1 N–H and O–H groups in total. The smallest absolute Gasteiger partial charge is 0.304 e. The molecule has 0 aliphatic heterocycles. The summed E-state index contributed by atoms with van der Waals surface area (Å²) in [5, 5.41) is 9.28. The molecule has 0 fully saturated rings. The number of nitrogens with zero attached hydrogens (tertiary/aromatic N) is 1. The Bertz CT molecular complexity index is 425. The zero-order valence-electron chi connectivity index (χ0n) is 10.5. The van der Waals surface area contributed by atoms with E-state index in [1.54, 1.807) is 0 Å². The first kappa shape index (κ1) is 14.9. The maximum absolute atomic E-state index is 13.1. The Morgan fingerprint density at radius 3 is 2.78 bits per heavy atom. The lowest BCUT2D eigenvalue weighted by Gasteiger charge is -2.27. The highest BCUT2D eigenvalue weighted by molar-refractivity contribution is 6.31. The molecular weight excluding hydrogens is 257 g/mol. The Morgan fingerprint density at radius 2 is 2.22 bits per heavy atom. The minimum Gasteiger partial charge on any atom is -0.481 e. The molecule has 0 saturated carbocycles. The molecule has 0 saturated heterocycles. The van der Waals surface area contributed by atoms with Crippen molar-refractivity contribution in [2.75, 3.05) is 6.54 Å². The molecule has 3 nitrogen and oxygen atoms in total. The molecule has 0 heterocycles. The van der Waals surface area contributed by atoms with Crippen LogP contribution in [0.25, 0.3) is 0 Å². The molecule has 0 aliphatic carbocycles. The highest BCUT2D eigenvalue weighted by Crippen LogP contribution is 2.20. The first-order chi connectivity index (χ1) is 8.43. The number of carboxylic acids is 1. The van der Waals surface area contributed by atoms with Gasteiger partial charge in [-0.1, -0.05) is 18.5 Å². The topological polar surface area (TPSA) is 40.5 Å². The summed E-state index contributed by atoms with van der Waals surface area (Å²) in [5.41, 5.74) is 0.677. The number of aliphatic carboxylic acids is 1. The van der Waals surface area contributed by atoms with Gasteiger partial charge in [0.25, 0.3) is 0 Å². The van der Waals surface area contributed by atoms with Crippen molar-refractivity contribution in [3.8, 4) is 0 Å². The Hall–Kier alpha value is -1.13. The van der Waals surface area contributed by atoms with E-state index in [-0.39, 0.29) is 18.3 Å². The Morgan fingerprint density at radius 1 is 1.56 bits per heavy atom. The van der Waals surface area contributed by atoms with Crippen LogP contribution in [0.4, 0.5) is 4.39 Å². The molecule has 0 amide bonds. The maximum Gasteiger partial charge on any atom is 0.304 e. The summed E-state index contributed by atoms with van der Waals surface area (Å²) < 4.78 is 13.1. The number of rotatable bonds is 6. The zero-order valence-corrected chi connectivity index (χ0v) is 11.2. The van der Waals surface area contributed by atoms with E-state index in [1.807, 2.05) is 18.7 Å². The second kappa shape index (κ2) is 6.71. The molecule has 5 heteroatoms. The van der Waals surface area contributed by atoms with E-state index in [0.29, 0.717) is 23.7 Å². The summed E-state index contributed by atoms with van der Waals surface area (Å²) in [4.78, 5) is 12.6. The summed E-state index contributed by atoms with van der Waals surface area (Å²) in [6, 6.07) is 4.09. The van der Waals surface area contributed by atoms with Crippen molar-refractivity contribution in [1.29, 1.82) is 0 Å². The molecule has 1 atom stereocenters. The fourth-order valence-electron chi connectivity index (χ4n) is 1.84. The van der Waals surface area contributed by atoms with E-state index in [9.17, 15) is 9.18 Å². The van der Waals surface area contributed by atoms with Crippen LogP contribution in [0.2, 0.25) is 5.02 Å². The summed E-state index contributed by atoms with van der Waals surface area (Å²) in [5.74, 6) is -1.18. The average Bonchev–Trinajstić information content (AvgIpc) is 2.29. The molecule has 100 valence electrons. The van der Waals surface area contributed by atoms with Crippen molar-refractivity contribution < 1.29 is 14.3 Å². The predicted molar refractivity (Wildman–Crippen MR) is 69.2 cm³/mol. The van der Waals surface area contributed by atoms with Crippen molar-refractivity contribution in [1.82, 2.24) is 4.90 Å². The highest BCUT2D eigenvalue weighted by Gasteiger charge is 2.17. The number of halogens is 2. The Balaban J connectivity index is 2.79. The van der Waals surface area contributed by atoms with Crippen LogP contribution in [0, 0.1) is 5.82 Å². The molecule has 1 unspecified atom stereocenters. The normalized spacial score (nSPS) is 12.7. The van der Waals surface area contributed by atoms with Crippen LogP contribution in [0.15, 0.2) is 18.2 Å². The molecule has 1 rings (SSSR count). The van der Waals surface area contributed by atoms with Gasteiger partial charge in [0.2, 0.25) is 0 Å². The maximum atomic E-state index is 13.1. The predicted octanol–water partition coefficient (Wildman–Crippen LogP) is 3.16. The van der Waals surface area contributed by atoms with Crippen LogP contribution in [-0.4, -0.2) is 28.6 Å². The van der Waals surface area contributed by atoms with Crippen LogP contribution >= 0.6 is 11.6 Å². The quantitative estimate of drug-likeness (QED) is 0.865. The largest absolute Gasteiger partial charge is 0.481 e. The van der Waals surface area contributed by atoms with Gasteiger partial charge in [0.15, 0.2) is 0 Å².